The Morgan fingerprint density at radius 2 is 1.96 bits per heavy atom. The van der Waals surface area contributed by atoms with Gasteiger partial charge in [-0.25, -0.2) is 0 Å². The van der Waals surface area contributed by atoms with E-state index in [2.05, 4.69) is 45.8 Å². The van der Waals surface area contributed by atoms with E-state index in [-0.39, 0.29) is 6.04 Å². The molecule has 2 fully saturated rings. The molecule has 2 unspecified atom stereocenters. The number of nitrogens with one attached hydrogen (secondary N) is 1. The number of hydrogen-bond donors (Lipinski definition) is 1. The van der Waals surface area contributed by atoms with Gasteiger partial charge in [0.15, 0.2) is 5.82 Å². The standard InChI is InChI=1S/C20H27N3O/c1-2-6-15(7-3-1)8-5-11-19-22-20(24-23-19)18-13-17(14-21-18)12-16-9-4-10-16/h1-3,6-7,16-18,21H,4-5,8-14H2. The van der Waals surface area contributed by atoms with Crippen LogP contribution in [0.15, 0.2) is 34.9 Å². The maximum Gasteiger partial charge on any atom is 0.243 e. The highest BCUT2D eigenvalue weighted by atomic mass is 16.5. The summed E-state index contributed by atoms with van der Waals surface area (Å²) >= 11 is 0. The molecule has 1 N–H and O–H groups in total. The molecule has 128 valence electrons. The third-order valence-corrected chi connectivity index (χ3v) is 5.60. The minimum atomic E-state index is 0.269. The maximum atomic E-state index is 5.52. The molecule has 1 aromatic heterocycles. The van der Waals surface area contributed by atoms with E-state index in [1.807, 2.05) is 0 Å². The Morgan fingerprint density at radius 1 is 1.08 bits per heavy atom. The highest BCUT2D eigenvalue weighted by molar-refractivity contribution is 5.14. The molecule has 2 heterocycles. The number of nitrogens with zero attached hydrogens (tertiary/aromatic N) is 2. The minimum absolute atomic E-state index is 0.269. The Kier molecular flexibility index (Phi) is 4.93. The molecular formula is C20H27N3O. The van der Waals surface area contributed by atoms with Gasteiger partial charge in [-0.15, -0.1) is 0 Å². The van der Waals surface area contributed by atoms with Crippen molar-refractivity contribution >= 4 is 0 Å². The van der Waals surface area contributed by atoms with Crippen molar-refractivity contribution in [2.75, 3.05) is 6.54 Å². The first-order chi connectivity index (χ1) is 11.9. The van der Waals surface area contributed by atoms with Crippen molar-refractivity contribution in [2.24, 2.45) is 11.8 Å². The van der Waals surface area contributed by atoms with Crippen LogP contribution in [0.1, 0.15) is 61.8 Å². The lowest BCUT2D eigenvalue weighted by Crippen LogP contribution is -2.18. The van der Waals surface area contributed by atoms with Gasteiger partial charge in [-0.3, -0.25) is 0 Å². The lowest BCUT2D eigenvalue weighted by Gasteiger charge is -2.27. The number of aromatic nitrogens is 2. The van der Waals surface area contributed by atoms with Crippen molar-refractivity contribution in [2.45, 2.75) is 57.4 Å². The maximum absolute atomic E-state index is 5.52. The van der Waals surface area contributed by atoms with Gasteiger partial charge in [0, 0.05) is 6.42 Å². The number of aryl methyl sites for hydroxylation is 2. The summed E-state index contributed by atoms with van der Waals surface area (Å²) in [6, 6.07) is 10.9. The van der Waals surface area contributed by atoms with E-state index >= 15 is 0 Å². The average Bonchev–Trinajstić information content (AvgIpc) is 3.21. The first-order valence-corrected chi connectivity index (χ1v) is 9.46. The fourth-order valence-electron chi connectivity index (χ4n) is 3.98. The molecule has 24 heavy (non-hydrogen) atoms. The molecule has 0 bridgehead atoms. The second-order valence-electron chi connectivity index (χ2n) is 7.48. The average molecular weight is 325 g/mol. The molecule has 4 nitrogen and oxygen atoms in total. The van der Waals surface area contributed by atoms with E-state index in [9.17, 15) is 0 Å². The molecule has 4 heteroatoms. The van der Waals surface area contributed by atoms with E-state index in [1.54, 1.807) is 0 Å². The van der Waals surface area contributed by atoms with E-state index in [0.29, 0.717) is 0 Å². The molecule has 2 aliphatic rings. The minimum Gasteiger partial charge on any atom is -0.338 e. The zero-order valence-electron chi connectivity index (χ0n) is 14.3. The Bertz CT molecular complexity index is 635. The zero-order chi connectivity index (χ0) is 16.2. The van der Waals surface area contributed by atoms with Crippen LogP contribution < -0.4 is 5.32 Å². The molecular weight excluding hydrogens is 298 g/mol. The van der Waals surface area contributed by atoms with Crippen molar-refractivity contribution in [1.82, 2.24) is 15.5 Å². The van der Waals surface area contributed by atoms with Gasteiger partial charge in [0.25, 0.3) is 0 Å². The lowest BCUT2D eigenvalue weighted by molar-refractivity contribution is 0.253. The van der Waals surface area contributed by atoms with Gasteiger partial charge in [-0.2, -0.15) is 4.98 Å². The predicted molar refractivity (Wildman–Crippen MR) is 93.6 cm³/mol. The predicted octanol–water partition coefficient (Wildman–Crippen LogP) is 4.09. The third kappa shape index (κ3) is 3.86. The van der Waals surface area contributed by atoms with Crippen LogP contribution in [0.25, 0.3) is 0 Å². The number of benzene rings is 1. The van der Waals surface area contributed by atoms with Gasteiger partial charge in [0.05, 0.1) is 6.04 Å². The topological polar surface area (TPSA) is 51.0 Å². The molecule has 1 aromatic carbocycles. The van der Waals surface area contributed by atoms with Gasteiger partial charge >= 0.3 is 0 Å². The van der Waals surface area contributed by atoms with Gasteiger partial charge in [0.2, 0.25) is 5.89 Å². The summed E-state index contributed by atoms with van der Waals surface area (Å²) in [5, 5.41) is 7.75. The monoisotopic (exact) mass is 325 g/mol. The quantitative estimate of drug-likeness (QED) is 0.833. The molecule has 1 saturated heterocycles. The second-order valence-corrected chi connectivity index (χ2v) is 7.48. The first kappa shape index (κ1) is 15.8. The Balaban J connectivity index is 1.24. The molecule has 0 radical (unpaired) electrons. The van der Waals surface area contributed by atoms with Crippen LogP contribution in [0.2, 0.25) is 0 Å². The smallest absolute Gasteiger partial charge is 0.243 e. The Labute approximate surface area is 144 Å². The van der Waals surface area contributed by atoms with Gasteiger partial charge in [-0.05, 0) is 49.6 Å². The first-order valence-electron chi connectivity index (χ1n) is 9.46. The van der Waals surface area contributed by atoms with Crippen molar-refractivity contribution in [3.63, 3.8) is 0 Å². The van der Waals surface area contributed by atoms with E-state index in [1.165, 1.54) is 31.2 Å². The summed E-state index contributed by atoms with van der Waals surface area (Å²) in [5.41, 5.74) is 1.37. The summed E-state index contributed by atoms with van der Waals surface area (Å²) in [6.07, 6.45) is 9.85. The fraction of sp³-hybridized carbons (Fsp3) is 0.600. The van der Waals surface area contributed by atoms with Gasteiger partial charge in [0.1, 0.15) is 0 Å². The van der Waals surface area contributed by atoms with Crippen LogP contribution in [-0.4, -0.2) is 16.7 Å². The van der Waals surface area contributed by atoms with Crippen LogP contribution in [0.5, 0.6) is 0 Å². The molecule has 0 amide bonds. The van der Waals surface area contributed by atoms with Gasteiger partial charge in [-0.1, -0.05) is 54.8 Å². The molecule has 1 aliphatic heterocycles. The molecule has 2 aromatic rings. The number of rotatable bonds is 7. The Hall–Kier alpha value is -1.68. The summed E-state index contributed by atoms with van der Waals surface area (Å²) < 4.78 is 5.52. The van der Waals surface area contributed by atoms with Crippen LogP contribution in [0.4, 0.5) is 0 Å². The van der Waals surface area contributed by atoms with Crippen molar-refractivity contribution in [1.29, 1.82) is 0 Å². The van der Waals surface area contributed by atoms with Crippen LogP contribution in [0.3, 0.4) is 0 Å². The summed E-state index contributed by atoms with van der Waals surface area (Å²) in [7, 11) is 0. The largest absolute Gasteiger partial charge is 0.338 e. The van der Waals surface area contributed by atoms with E-state index in [0.717, 1.165) is 55.8 Å². The Morgan fingerprint density at radius 3 is 2.75 bits per heavy atom. The fourth-order valence-corrected chi connectivity index (χ4v) is 3.98. The van der Waals surface area contributed by atoms with Crippen LogP contribution >= 0.6 is 0 Å². The van der Waals surface area contributed by atoms with Crippen LogP contribution in [-0.2, 0) is 12.8 Å². The van der Waals surface area contributed by atoms with Crippen LogP contribution in [0, 0.1) is 11.8 Å². The number of hydrogen-bond acceptors (Lipinski definition) is 4. The van der Waals surface area contributed by atoms with E-state index in [4.69, 9.17) is 4.52 Å². The summed E-state index contributed by atoms with van der Waals surface area (Å²) in [6.45, 7) is 1.10. The van der Waals surface area contributed by atoms with Crippen molar-refractivity contribution in [3.05, 3.63) is 47.6 Å². The highest BCUT2D eigenvalue weighted by Crippen LogP contribution is 2.37. The summed E-state index contributed by atoms with van der Waals surface area (Å²) in [5.74, 6) is 3.41. The van der Waals surface area contributed by atoms with Crippen molar-refractivity contribution < 1.29 is 4.52 Å². The molecule has 1 aliphatic carbocycles. The van der Waals surface area contributed by atoms with Crippen molar-refractivity contribution in [3.8, 4) is 0 Å². The molecule has 2 atom stereocenters. The zero-order valence-corrected chi connectivity index (χ0v) is 14.3. The molecule has 4 rings (SSSR count). The second kappa shape index (κ2) is 7.47. The highest BCUT2D eigenvalue weighted by Gasteiger charge is 2.32. The van der Waals surface area contributed by atoms with E-state index < -0.39 is 0 Å². The SMILES string of the molecule is c1ccc(CCCc2noc(C3CC(CC4CCC4)CN3)n2)cc1. The van der Waals surface area contributed by atoms with Gasteiger partial charge < -0.3 is 9.84 Å². The summed E-state index contributed by atoms with van der Waals surface area (Å²) in [4.78, 5) is 4.63. The molecule has 0 spiro atoms. The normalized spacial score (nSPS) is 24.2. The molecule has 1 saturated carbocycles. The lowest BCUT2D eigenvalue weighted by atomic mass is 9.78. The third-order valence-electron chi connectivity index (χ3n) is 5.60.